The standard InChI is InChI=1S/C32H44N6O3/c1-6-7-24-14-23(5)35-32(40)28(24)18-33-31(39)27-15-25(16-29-30(27)22(4)19-38(29)21(2)3)26-17-34-37(20-26)9-8-36-10-12-41-13-11-36/h15-17,19-21,23H,6-14,18H2,1-5H3,(H,33,39)(H,35,40). The molecule has 4 heterocycles. The van der Waals surface area contributed by atoms with Crippen molar-refractivity contribution in [1.82, 2.24) is 29.9 Å². The van der Waals surface area contributed by atoms with E-state index in [0.29, 0.717) is 11.1 Å². The zero-order chi connectivity index (χ0) is 29.1. The SMILES string of the molecule is CCCC1=C(CNC(=O)c2cc(-c3cnn(CCN4CCOCC4)c3)cc3c2c(C)cn3C(C)C)C(=O)NC(C)C1. The summed E-state index contributed by atoms with van der Waals surface area (Å²) in [5, 5.41) is 11.7. The maximum atomic E-state index is 13.8. The largest absolute Gasteiger partial charge is 0.379 e. The molecule has 0 radical (unpaired) electrons. The van der Waals surface area contributed by atoms with E-state index in [1.807, 2.05) is 23.9 Å². The number of aryl methyl sites for hydroxylation is 1. The van der Waals surface area contributed by atoms with E-state index in [-0.39, 0.29) is 30.4 Å². The molecule has 2 aliphatic rings. The Kier molecular flexibility index (Phi) is 8.94. The summed E-state index contributed by atoms with van der Waals surface area (Å²) >= 11 is 0. The van der Waals surface area contributed by atoms with E-state index in [9.17, 15) is 9.59 Å². The molecule has 0 spiro atoms. The normalized spacial score (nSPS) is 18.4. The van der Waals surface area contributed by atoms with Crippen molar-refractivity contribution in [2.24, 2.45) is 0 Å². The van der Waals surface area contributed by atoms with Crippen LogP contribution in [0.25, 0.3) is 22.0 Å². The molecule has 1 aromatic carbocycles. The van der Waals surface area contributed by atoms with E-state index in [0.717, 1.165) is 91.8 Å². The van der Waals surface area contributed by atoms with E-state index in [1.165, 1.54) is 0 Å². The maximum Gasteiger partial charge on any atom is 0.252 e. The Labute approximate surface area is 242 Å². The van der Waals surface area contributed by atoms with E-state index in [2.05, 4.69) is 71.4 Å². The molecule has 3 aromatic rings. The number of morpholine rings is 1. The second-order valence-corrected chi connectivity index (χ2v) is 11.8. The summed E-state index contributed by atoms with van der Waals surface area (Å²) in [6.07, 6.45) is 8.74. The quantitative estimate of drug-likeness (QED) is 0.382. The lowest BCUT2D eigenvalue weighted by Gasteiger charge is -2.26. The van der Waals surface area contributed by atoms with Crippen molar-refractivity contribution in [2.45, 2.75) is 72.5 Å². The summed E-state index contributed by atoms with van der Waals surface area (Å²) < 4.78 is 9.67. The number of nitrogens with zero attached hydrogens (tertiary/aromatic N) is 4. The first-order valence-electron chi connectivity index (χ1n) is 15.0. The Morgan fingerprint density at radius 2 is 1.95 bits per heavy atom. The molecule has 1 unspecified atom stereocenters. The predicted octanol–water partition coefficient (Wildman–Crippen LogP) is 4.46. The van der Waals surface area contributed by atoms with Gasteiger partial charge in [0.25, 0.3) is 5.91 Å². The maximum absolute atomic E-state index is 13.8. The zero-order valence-electron chi connectivity index (χ0n) is 25.1. The van der Waals surface area contributed by atoms with Crippen LogP contribution in [-0.4, -0.2) is 76.5 Å². The first-order chi connectivity index (χ1) is 19.7. The highest BCUT2D eigenvalue weighted by Crippen LogP contribution is 2.33. The van der Waals surface area contributed by atoms with E-state index in [1.54, 1.807) is 0 Å². The number of ether oxygens (including phenoxy) is 1. The fourth-order valence-corrected chi connectivity index (χ4v) is 6.10. The number of rotatable bonds is 10. The molecule has 9 nitrogen and oxygen atoms in total. The number of aromatic nitrogens is 3. The van der Waals surface area contributed by atoms with Crippen molar-refractivity contribution in [2.75, 3.05) is 39.4 Å². The lowest BCUT2D eigenvalue weighted by atomic mass is 9.92. The van der Waals surface area contributed by atoms with Crippen LogP contribution in [0, 0.1) is 6.92 Å². The van der Waals surface area contributed by atoms with Crippen LogP contribution in [0.4, 0.5) is 0 Å². The number of benzene rings is 1. The van der Waals surface area contributed by atoms with Gasteiger partial charge in [-0.3, -0.25) is 19.2 Å². The second-order valence-electron chi connectivity index (χ2n) is 11.8. The Hall–Kier alpha value is -3.43. The highest BCUT2D eigenvalue weighted by atomic mass is 16.5. The molecule has 0 bridgehead atoms. The van der Waals surface area contributed by atoms with Gasteiger partial charge in [-0.25, -0.2) is 0 Å². The Morgan fingerprint density at radius 3 is 2.68 bits per heavy atom. The first kappa shape index (κ1) is 29.1. The van der Waals surface area contributed by atoms with E-state index >= 15 is 0 Å². The minimum absolute atomic E-state index is 0.0713. The molecule has 0 aliphatic carbocycles. The number of carbonyl (C=O) groups excluding carboxylic acids is 2. The molecule has 220 valence electrons. The van der Waals surface area contributed by atoms with E-state index in [4.69, 9.17) is 4.74 Å². The van der Waals surface area contributed by atoms with Crippen molar-refractivity contribution < 1.29 is 14.3 Å². The van der Waals surface area contributed by atoms with Crippen molar-refractivity contribution >= 4 is 22.7 Å². The monoisotopic (exact) mass is 560 g/mol. The summed E-state index contributed by atoms with van der Waals surface area (Å²) in [6.45, 7) is 15.9. The molecular weight excluding hydrogens is 516 g/mol. The molecule has 1 atom stereocenters. The van der Waals surface area contributed by atoms with Crippen molar-refractivity contribution in [3.8, 4) is 11.1 Å². The summed E-state index contributed by atoms with van der Waals surface area (Å²) in [7, 11) is 0. The molecule has 9 heteroatoms. The molecule has 41 heavy (non-hydrogen) atoms. The minimum Gasteiger partial charge on any atom is -0.379 e. The van der Waals surface area contributed by atoms with Gasteiger partial charge in [0.1, 0.15) is 0 Å². The van der Waals surface area contributed by atoms with Gasteiger partial charge in [-0.2, -0.15) is 5.10 Å². The molecule has 1 saturated heterocycles. The lowest BCUT2D eigenvalue weighted by molar-refractivity contribution is -0.118. The number of fused-ring (bicyclic) bond motifs is 1. The van der Waals surface area contributed by atoms with Crippen LogP contribution in [0.1, 0.15) is 68.9 Å². The smallest absolute Gasteiger partial charge is 0.252 e. The van der Waals surface area contributed by atoms with Gasteiger partial charge in [0, 0.05) is 78.3 Å². The lowest BCUT2D eigenvalue weighted by Crippen LogP contribution is -2.42. The van der Waals surface area contributed by atoms with Gasteiger partial charge in [-0.1, -0.05) is 18.9 Å². The van der Waals surface area contributed by atoms with Gasteiger partial charge in [-0.05, 0) is 63.8 Å². The van der Waals surface area contributed by atoms with Crippen LogP contribution < -0.4 is 10.6 Å². The minimum atomic E-state index is -0.170. The Morgan fingerprint density at radius 1 is 1.17 bits per heavy atom. The fourth-order valence-electron chi connectivity index (χ4n) is 6.10. The number of hydrogen-bond acceptors (Lipinski definition) is 5. The Bertz CT molecular complexity index is 1440. The number of amides is 2. The average Bonchev–Trinajstić information content (AvgIpc) is 3.56. The Balaban J connectivity index is 1.44. The third kappa shape index (κ3) is 6.41. The van der Waals surface area contributed by atoms with Crippen LogP contribution in [0.5, 0.6) is 0 Å². The van der Waals surface area contributed by atoms with Gasteiger partial charge < -0.3 is 19.9 Å². The molecule has 0 saturated carbocycles. The number of nitrogens with one attached hydrogen (secondary N) is 2. The third-order valence-corrected chi connectivity index (χ3v) is 8.25. The molecule has 2 aromatic heterocycles. The van der Waals surface area contributed by atoms with Crippen LogP contribution in [0.15, 0.2) is 41.9 Å². The predicted molar refractivity (Wildman–Crippen MR) is 162 cm³/mol. The molecule has 1 fully saturated rings. The molecule has 2 N–H and O–H groups in total. The van der Waals surface area contributed by atoms with Crippen molar-refractivity contribution in [3.63, 3.8) is 0 Å². The summed E-state index contributed by atoms with van der Waals surface area (Å²) in [4.78, 5) is 29.1. The van der Waals surface area contributed by atoms with Crippen molar-refractivity contribution in [1.29, 1.82) is 0 Å². The van der Waals surface area contributed by atoms with Crippen LogP contribution >= 0.6 is 0 Å². The summed E-state index contributed by atoms with van der Waals surface area (Å²) in [6, 6.07) is 4.50. The van der Waals surface area contributed by atoms with Gasteiger partial charge >= 0.3 is 0 Å². The van der Waals surface area contributed by atoms with Crippen molar-refractivity contribution in [3.05, 3.63) is 53.0 Å². The molecule has 2 amide bonds. The average molecular weight is 561 g/mol. The molecular formula is C32H44N6O3. The molecule has 5 rings (SSSR count). The van der Waals surface area contributed by atoms with Crippen LogP contribution in [0.2, 0.25) is 0 Å². The van der Waals surface area contributed by atoms with Gasteiger partial charge in [0.05, 0.1) is 26.0 Å². The molecule has 2 aliphatic heterocycles. The topological polar surface area (TPSA) is 93.4 Å². The summed E-state index contributed by atoms with van der Waals surface area (Å²) in [5.41, 5.74) is 6.48. The van der Waals surface area contributed by atoms with Gasteiger partial charge in [0.2, 0.25) is 5.91 Å². The second kappa shape index (κ2) is 12.6. The zero-order valence-corrected chi connectivity index (χ0v) is 25.1. The fraction of sp³-hybridized carbons (Fsp3) is 0.531. The highest BCUT2D eigenvalue weighted by molar-refractivity contribution is 6.10. The highest BCUT2D eigenvalue weighted by Gasteiger charge is 2.25. The van der Waals surface area contributed by atoms with Gasteiger partial charge in [0.15, 0.2) is 0 Å². The summed E-state index contributed by atoms with van der Waals surface area (Å²) in [5.74, 6) is -0.242. The van der Waals surface area contributed by atoms with Crippen LogP contribution in [-0.2, 0) is 16.1 Å². The first-order valence-corrected chi connectivity index (χ1v) is 15.0. The van der Waals surface area contributed by atoms with E-state index < -0.39 is 0 Å². The number of hydrogen-bond donors (Lipinski definition) is 2. The third-order valence-electron chi connectivity index (χ3n) is 8.25. The number of carbonyl (C=O) groups is 2. The van der Waals surface area contributed by atoms with Crippen LogP contribution in [0.3, 0.4) is 0 Å². The van der Waals surface area contributed by atoms with Gasteiger partial charge in [-0.15, -0.1) is 0 Å².